The van der Waals surface area contributed by atoms with Crippen LogP contribution in [0.15, 0.2) is 60.3 Å². The first-order valence-electron chi connectivity index (χ1n) is 7.45. The van der Waals surface area contributed by atoms with Crippen molar-refractivity contribution in [2.24, 2.45) is 0 Å². The Morgan fingerprint density at radius 1 is 1.04 bits per heavy atom. The molecule has 7 heteroatoms. The van der Waals surface area contributed by atoms with Crippen molar-refractivity contribution in [3.05, 3.63) is 71.4 Å². The summed E-state index contributed by atoms with van der Waals surface area (Å²) in [6.45, 7) is 0. The average Bonchev–Trinajstić information content (AvgIpc) is 2.68. The summed E-state index contributed by atoms with van der Waals surface area (Å²) in [5, 5.41) is 23.6. The van der Waals surface area contributed by atoms with Gasteiger partial charge in [-0.05, 0) is 24.3 Å². The van der Waals surface area contributed by atoms with Crippen LogP contribution in [-0.2, 0) is 9.53 Å². The summed E-state index contributed by atoms with van der Waals surface area (Å²) in [5.41, 5.74) is 1.01. The van der Waals surface area contributed by atoms with Gasteiger partial charge in [0.15, 0.2) is 0 Å². The van der Waals surface area contributed by atoms with Crippen molar-refractivity contribution in [1.82, 2.24) is 0 Å². The van der Waals surface area contributed by atoms with Crippen LogP contribution in [0.5, 0.6) is 0 Å². The third kappa shape index (κ3) is 4.25. The average molecular weight is 346 g/mol. The van der Waals surface area contributed by atoms with Gasteiger partial charge in [-0.2, -0.15) is 10.5 Å². The smallest absolute Gasteiger partial charge is 0.339 e. The Hall–Kier alpha value is -4.10. The molecule has 0 atom stereocenters. The van der Waals surface area contributed by atoms with Crippen LogP contribution >= 0.6 is 0 Å². The maximum absolute atomic E-state index is 12.3. The molecule has 0 spiro atoms. The number of rotatable bonds is 5. The number of hydrogen-bond acceptors (Lipinski definition) is 6. The summed E-state index contributed by atoms with van der Waals surface area (Å²) in [5.74, 6) is -1.23. The molecule has 2 N–H and O–H groups in total. The van der Waals surface area contributed by atoms with Gasteiger partial charge in [-0.1, -0.05) is 24.3 Å². The first-order valence-corrected chi connectivity index (χ1v) is 7.45. The Bertz CT molecular complexity index is 952. The highest BCUT2D eigenvalue weighted by atomic mass is 16.5. The minimum Gasteiger partial charge on any atom is -0.465 e. The van der Waals surface area contributed by atoms with Crippen molar-refractivity contribution in [3.63, 3.8) is 0 Å². The van der Waals surface area contributed by atoms with Crippen molar-refractivity contribution in [2.45, 2.75) is 0 Å². The van der Waals surface area contributed by atoms with Crippen molar-refractivity contribution in [1.29, 1.82) is 10.5 Å². The van der Waals surface area contributed by atoms with Crippen molar-refractivity contribution in [2.75, 3.05) is 17.7 Å². The van der Waals surface area contributed by atoms with Crippen LogP contribution in [0, 0.1) is 22.7 Å². The maximum atomic E-state index is 12.3. The molecule has 26 heavy (non-hydrogen) atoms. The van der Waals surface area contributed by atoms with Crippen molar-refractivity contribution >= 4 is 23.3 Å². The Morgan fingerprint density at radius 2 is 1.69 bits per heavy atom. The standard InChI is InChI=1S/C19H14N4O3/c1-26-19(25)15-7-3-5-9-17(15)22-12-14(11-21)18(24)23-16-8-4-2-6-13(16)10-20/h2-9,12,22H,1H3,(H,23,24)/b14-12-. The second kappa shape index (κ2) is 8.67. The van der Waals surface area contributed by atoms with Crippen molar-refractivity contribution in [3.8, 4) is 12.1 Å². The number of hydrogen-bond donors (Lipinski definition) is 2. The Morgan fingerprint density at radius 3 is 2.35 bits per heavy atom. The Balaban J connectivity index is 2.21. The molecule has 0 aliphatic carbocycles. The molecule has 0 fully saturated rings. The molecule has 0 bridgehead atoms. The number of amides is 1. The number of carbonyl (C=O) groups is 2. The van der Waals surface area contributed by atoms with Gasteiger partial charge in [-0.3, -0.25) is 4.79 Å². The summed E-state index contributed by atoms with van der Waals surface area (Å²) in [4.78, 5) is 24.0. The van der Waals surface area contributed by atoms with E-state index in [2.05, 4.69) is 15.4 Å². The van der Waals surface area contributed by atoms with E-state index in [9.17, 15) is 14.9 Å². The number of para-hydroxylation sites is 2. The molecule has 0 unspecified atom stereocenters. The summed E-state index contributed by atoms with van der Waals surface area (Å²) >= 11 is 0. The molecule has 0 aliphatic heterocycles. The molecular formula is C19H14N4O3. The SMILES string of the molecule is COC(=O)c1ccccc1N/C=C(/C#N)C(=O)Nc1ccccc1C#N. The lowest BCUT2D eigenvalue weighted by Crippen LogP contribution is -2.15. The fourth-order valence-corrected chi connectivity index (χ4v) is 2.07. The second-order valence-corrected chi connectivity index (χ2v) is 4.96. The number of carbonyl (C=O) groups excluding carboxylic acids is 2. The number of esters is 1. The number of benzene rings is 2. The maximum Gasteiger partial charge on any atom is 0.339 e. The van der Waals surface area contributed by atoms with E-state index in [0.717, 1.165) is 0 Å². The van der Waals surface area contributed by atoms with Crippen LogP contribution in [0.1, 0.15) is 15.9 Å². The molecule has 2 aromatic carbocycles. The van der Waals surface area contributed by atoms with Gasteiger partial charge in [-0.25, -0.2) is 4.79 Å². The van der Waals surface area contributed by atoms with E-state index in [-0.39, 0.29) is 16.7 Å². The van der Waals surface area contributed by atoms with Gasteiger partial charge < -0.3 is 15.4 Å². The third-order valence-electron chi connectivity index (χ3n) is 3.37. The van der Waals surface area contributed by atoms with E-state index in [0.29, 0.717) is 11.4 Å². The quantitative estimate of drug-likeness (QED) is 0.489. The molecular weight excluding hydrogens is 332 g/mol. The van der Waals surface area contributed by atoms with E-state index < -0.39 is 11.9 Å². The van der Waals surface area contributed by atoms with Crippen LogP contribution in [0.4, 0.5) is 11.4 Å². The van der Waals surface area contributed by atoms with E-state index in [1.807, 2.05) is 6.07 Å². The highest BCUT2D eigenvalue weighted by Crippen LogP contribution is 2.17. The first kappa shape index (κ1) is 18.2. The van der Waals surface area contributed by atoms with Gasteiger partial charge in [0, 0.05) is 6.20 Å². The largest absolute Gasteiger partial charge is 0.465 e. The fraction of sp³-hybridized carbons (Fsp3) is 0.0526. The Kier molecular flexibility index (Phi) is 6.08. The number of nitrogens with one attached hydrogen (secondary N) is 2. The van der Waals surface area contributed by atoms with Crippen LogP contribution in [0.2, 0.25) is 0 Å². The summed E-state index contributed by atoms with van der Waals surface area (Å²) in [6.07, 6.45) is 1.19. The third-order valence-corrected chi connectivity index (χ3v) is 3.37. The molecule has 1 amide bonds. The normalized spacial score (nSPS) is 10.2. The van der Waals surface area contributed by atoms with Crippen LogP contribution in [0.25, 0.3) is 0 Å². The molecule has 0 aromatic heterocycles. The molecule has 7 nitrogen and oxygen atoms in total. The lowest BCUT2D eigenvalue weighted by Gasteiger charge is -2.09. The second-order valence-electron chi connectivity index (χ2n) is 4.96. The van der Waals surface area contributed by atoms with E-state index in [4.69, 9.17) is 5.26 Å². The lowest BCUT2D eigenvalue weighted by molar-refractivity contribution is -0.112. The molecule has 0 saturated heterocycles. The van der Waals surface area contributed by atoms with Gasteiger partial charge in [-0.15, -0.1) is 0 Å². The topological polar surface area (TPSA) is 115 Å². The highest BCUT2D eigenvalue weighted by Gasteiger charge is 2.13. The molecule has 128 valence electrons. The number of nitrogens with zero attached hydrogens (tertiary/aromatic N) is 2. The summed E-state index contributed by atoms with van der Waals surface area (Å²) in [7, 11) is 1.26. The zero-order valence-electron chi connectivity index (χ0n) is 13.8. The van der Waals surface area contributed by atoms with E-state index in [1.54, 1.807) is 54.6 Å². The first-order chi connectivity index (χ1) is 12.6. The van der Waals surface area contributed by atoms with E-state index in [1.165, 1.54) is 13.3 Å². The van der Waals surface area contributed by atoms with Gasteiger partial charge in [0.2, 0.25) is 0 Å². The van der Waals surface area contributed by atoms with Crippen LogP contribution < -0.4 is 10.6 Å². The predicted octanol–water partition coefficient (Wildman–Crippen LogP) is 2.80. The number of nitriles is 2. The minimum absolute atomic E-state index is 0.225. The summed E-state index contributed by atoms with van der Waals surface area (Å²) in [6, 6.07) is 16.7. The number of ether oxygens (including phenoxy) is 1. The molecule has 0 heterocycles. The van der Waals surface area contributed by atoms with Gasteiger partial charge in [0.05, 0.1) is 29.6 Å². The summed E-state index contributed by atoms with van der Waals surface area (Å²) < 4.78 is 4.69. The molecule has 2 rings (SSSR count). The van der Waals surface area contributed by atoms with Gasteiger partial charge in [0.25, 0.3) is 5.91 Å². The monoisotopic (exact) mass is 346 g/mol. The highest BCUT2D eigenvalue weighted by molar-refractivity contribution is 6.07. The van der Waals surface area contributed by atoms with Crippen LogP contribution in [-0.4, -0.2) is 19.0 Å². The number of anilines is 2. The number of methoxy groups -OCH3 is 1. The Labute approximate surface area is 150 Å². The van der Waals surface area contributed by atoms with Crippen LogP contribution in [0.3, 0.4) is 0 Å². The predicted molar refractivity (Wildman–Crippen MR) is 94.9 cm³/mol. The molecule has 0 radical (unpaired) electrons. The zero-order valence-corrected chi connectivity index (χ0v) is 13.8. The van der Waals surface area contributed by atoms with Gasteiger partial charge in [0.1, 0.15) is 17.7 Å². The molecule has 0 saturated carbocycles. The fourth-order valence-electron chi connectivity index (χ4n) is 2.07. The molecule has 0 aliphatic rings. The van der Waals surface area contributed by atoms with E-state index >= 15 is 0 Å². The lowest BCUT2D eigenvalue weighted by atomic mass is 10.1. The van der Waals surface area contributed by atoms with Crippen molar-refractivity contribution < 1.29 is 14.3 Å². The minimum atomic E-state index is -0.682. The zero-order chi connectivity index (χ0) is 18.9. The molecule has 2 aromatic rings. The van der Waals surface area contributed by atoms with Gasteiger partial charge >= 0.3 is 5.97 Å².